The molecule has 0 saturated heterocycles. The molecule has 82 valence electrons. The fraction of sp³-hybridized carbons (Fsp3) is 0.923. The van der Waals surface area contributed by atoms with Gasteiger partial charge in [-0.15, -0.1) is 0 Å². The second-order valence-corrected chi connectivity index (χ2v) is 5.87. The second-order valence-electron chi connectivity index (χ2n) is 5.87. The van der Waals surface area contributed by atoms with Crippen LogP contribution in [0.3, 0.4) is 0 Å². The first kappa shape index (κ1) is 11.7. The van der Waals surface area contributed by atoms with Gasteiger partial charge in [0.2, 0.25) is 0 Å². The SMILES string of the molecule is CC1CCC(=O)C(C(C)(C)C(C)C)C1. The van der Waals surface area contributed by atoms with Crippen molar-refractivity contribution in [1.82, 2.24) is 0 Å². The van der Waals surface area contributed by atoms with E-state index in [1.165, 1.54) is 0 Å². The Morgan fingerprint density at radius 2 is 1.93 bits per heavy atom. The molecule has 0 radical (unpaired) electrons. The highest BCUT2D eigenvalue weighted by Gasteiger charge is 2.39. The van der Waals surface area contributed by atoms with E-state index in [-0.39, 0.29) is 5.41 Å². The molecule has 14 heavy (non-hydrogen) atoms. The highest BCUT2D eigenvalue weighted by atomic mass is 16.1. The lowest BCUT2D eigenvalue weighted by molar-refractivity contribution is -0.131. The van der Waals surface area contributed by atoms with Gasteiger partial charge in [0.25, 0.3) is 0 Å². The minimum atomic E-state index is 0.172. The summed E-state index contributed by atoms with van der Waals surface area (Å²) in [5, 5.41) is 0. The summed E-state index contributed by atoms with van der Waals surface area (Å²) in [5.41, 5.74) is 0.172. The van der Waals surface area contributed by atoms with Crippen LogP contribution in [-0.2, 0) is 4.79 Å². The fourth-order valence-electron chi connectivity index (χ4n) is 2.34. The molecule has 2 atom stereocenters. The lowest BCUT2D eigenvalue weighted by Crippen LogP contribution is -2.38. The van der Waals surface area contributed by atoms with Gasteiger partial charge in [-0.25, -0.2) is 0 Å². The van der Waals surface area contributed by atoms with Gasteiger partial charge in [-0.2, -0.15) is 0 Å². The maximum Gasteiger partial charge on any atom is 0.136 e. The van der Waals surface area contributed by atoms with Crippen LogP contribution >= 0.6 is 0 Å². The van der Waals surface area contributed by atoms with E-state index in [4.69, 9.17) is 0 Å². The minimum absolute atomic E-state index is 0.172. The minimum Gasteiger partial charge on any atom is -0.299 e. The van der Waals surface area contributed by atoms with E-state index in [1.54, 1.807) is 0 Å². The van der Waals surface area contributed by atoms with Crippen LogP contribution in [0.5, 0.6) is 0 Å². The third-order valence-electron chi connectivity index (χ3n) is 4.30. The number of hydrogen-bond donors (Lipinski definition) is 0. The average Bonchev–Trinajstić information content (AvgIpc) is 2.08. The van der Waals surface area contributed by atoms with Crippen molar-refractivity contribution >= 4 is 5.78 Å². The summed E-state index contributed by atoms with van der Waals surface area (Å²) in [4.78, 5) is 11.9. The largest absolute Gasteiger partial charge is 0.299 e. The number of ketones is 1. The van der Waals surface area contributed by atoms with Gasteiger partial charge in [0.1, 0.15) is 5.78 Å². The van der Waals surface area contributed by atoms with E-state index >= 15 is 0 Å². The number of hydrogen-bond acceptors (Lipinski definition) is 1. The van der Waals surface area contributed by atoms with Crippen LogP contribution in [0, 0.1) is 23.2 Å². The third-order valence-corrected chi connectivity index (χ3v) is 4.30. The van der Waals surface area contributed by atoms with Crippen LogP contribution in [0.1, 0.15) is 53.9 Å². The Labute approximate surface area is 88.3 Å². The van der Waals surface area contributed by atoms with E-state index in [9.17, 15) is 4.79 Å². The van der Waals surface area contributed by atoms with Crippen molar-refractivity contribution in [2.45, 2.75) is 53.9 Å². The van der Waals surface area contributed by atoms with Gasteiger partial charge in [-0.3, -0.25) is 4.79 Å². The molecule has 1 rings (SSSR count). The molecule has 0 bridgehead atoms. The molecule has 0 aromatic heterocycles. The van der Waals surface area contributed by atoms with Gasteiger partial charge < -0.3 is 0 Å². The molecule has 1 aliphatic rings. The lowest BCUT2D eigenvalue weighted by atomic mass is 9.63. The summed E-state index contributed by atoms with van der Waals surface area (Å²) in [5.74, 6) is 2.12. The van der Waals surface area contributed by atoms with E-state index in [2.05, 4.69) is 34.6 Å². The van der Waals surface area contributed by atoms with Crippen molar-refractivity contribution in [2.24, 2.45) is 23.2 Å². The zero-order chi connectivity index (χ0) is 10.9. The third kappa shape index (κ3) is 2.18. The Kier molecular flexibility index (Phi) is 3.39. The second kappa shape index (κ2) is 4.04. The molecule has 0 amide bonds. The Bertz CT molecular complexity index is 215. The number of carbonyl (C=O) groups is 1. The Morgan fingerprint density at radius 3 is 2.43 bits per heavy atom. The first-order valence-corrected chi connectivity index (χ1v) is 5.88. The van der Waals surface area contributed by atoms with Gasteiger partial charge in [-0.1, -0.05) is 34.6 Å². The predicted molar refractivity (Wildman–Crippen MR) is 60.1 cm³/mol. The molecule has 0 aromatic rings. The van der Waals surface area contributed by atoms with Crippen LogP contribution in [0.2, 0.25) is 0 Å². The number of rotatable bonds is 2. The van der Waals surface area contributed by atoms with Gasteiger partial charge in [-0.05, 0) is 30.1 Å². The van der Waals surface area contributed by atoms with Gasteiger partial charge in [0.05, 0.1) is 0 Å². The maximum absolute atomic E-state index is 11.9. The van der Waals surface area contributed by atoms with Gasteiger partial charge >= 0.3 is 0 Å². The number of carbonyl (C=O) groups excluding carboxylic acids is 1. The van der Waals surface area contributed by atoms with Crippen LogP contribution in [0.25, 0.3) is 0 Å². The topological polar surface area (TPSA) is 17.1 Å². The van der Waals surface area contributed by atoms with Crippen molar-refractivity contribution in [3.63, 3.8) is 0 Å². The lowest BCUT2D eigenvalue weighted by Gasteiger charge is -2.40. The summed E-state index contributed by atoms with van der Waals surface area (Å²) in [6.45, 7) is 11.2. The molecule has 0 aliphatic heterocycles. The van der Waals surface area contributed by atoms with Crippen molar-refractivity contribution in [1.29, 1.82) is 0 Å². The van der Waals surface area contributed by atoms with Gasteiger partial charge in [0, 0.05) is 12.3 Å². The average molecular weight is 196 g/mol. The first-order chi connectivity index (χ1) is 6.35. The monoisotopic (exact) mass is 196 g/mol. The Hall–Kier alpha value is -0.330. The molecule has 1 saturated carbocycles. The van der Waals surface area contributed by atoms with Crippen LogP contribution in [0.4, 0.5) is 0 Å². The van der Waals surface area contributed by atoms with E-state index in [0.717, 1.165) is 25.2 Å². The molecular formula is C13H24O. The van der Waals surface area contributed by atoms with Crippen molar-refractivity contribution in [3.05, 3.63) is 0 Å². The molecule has 0 spiro atoms. The highest BCUT2D eigenvalue weighted by Crippen LogP contribution is 2.42. The zero-order valence-electron chi connectivity index (χ0n) is 10.3. The molecular weight excluding hydrogens is 172 g/mol. The molecule has 1 heteroatoms. The number of Topliss-reactive ketones (excluding diaryl/α,β-unsaturated/α-hetero) is 1. The molecule has 2 unspecified atom stereocenters. The Morgan fingerprint density at radius 1 is 1.36 bits per heavy atom. The van der Waals surface area contributed by atoms with Crippen LogP contribution in [-0.4, -0.2) is 5.78 Å². The van der Waals surface area contributed by atoms with E-state index < -0.39 is 0 Å². The van der Waals surface area contributed by atoms with Crippen LogP contribution < -0.4 is 0 Å². The highest BCUT2D eigenvalue weighted by molar-refractivity contribution is 5.82. The molecule has 1 aliphatic carbocycles. The standard InChI is InChI=1S/C13H24O/c1-9(2)13(4,5)11-8-10(3)6-7-12(11)14/h9-11H,6-8H2,1-5H3. The van der Waals surface area contributed by atoms with Crippen molar-refractivity contribution in [3.8, 4) is 0 Å². The molecule has 0 N–H and O–H groups in total. The summed E-state index contributed by atoms with van der Waals surface area (Å²) in [6.07, 6.45) is 3.01. The molecule has 0 heterocycles. The quantitative estimate of drug-likeness (QED) is 0.658. The maximum atomic E-state index is 11.9. The molecule has 1 fully saturated rings. The van der Waals surface area contributed by atoms with Crippen molar-refractivity contribution < 1.29 is 4.79 Å². The normalized spacial score (nSPS) is 29.7. The van der Waals surface area contributed by atoms with Crippen LogP contribution in [0.15, 0.2) is 0 Å². The fourth-order valence-corrected chi connectivity index (χ4v) is 2.34. The van der Waals surface area contributed by atoms with Crippen molar-refractivity contribution in [2.75, 3.05) is 0 Å². The predicted octanol–water partition coefficient (Wildman–Crippen LogP) is 3.67. The zero-order valence-corrected chi connectivity index (χ0v) is 10.3. The summed E-state index contributed by atoms with van der Waals surface area (Å²) < 4.78 is 0. The van der Waals surface area contributed by atoms with E-state index in [1.807, 2.05) is 0 Å². The smallest absolute Gasteiger partial charge is 0.136 e. The molecule has 1 nitrogen and oxygen atoms in total. The van der Waals surface area contributed by atoms with E-state index in [0.29, 0.717) is 17.6 Å². The summed E-state index contributed by atoms with van der Waals surface area (Å²) in [6, 6.07) is 0. The Balaban J connectivity index is 2.78. The summed E-state index contributed by atoms with van der Waals surface area (Å²) >= 11 is 0. The summed E-state index contributed by atoms with van der Waals surface area (Å²) in [7, 11) is 0. The first-order valence-electron chi connectivity index (χ1n) is 5.88. The molecule has 0 aromatic carbocycles. The van der Waals surface area contributed by atoms with Gasteiger partial charge in [0.15, 0.2) is 0 Å².